The Kier molecular flexibility index (Phi) is 6.56. The zero-order chi connectivity index (χ0) is 16.3. The third-order valence-electron chi connectivity index (χ3n) is 4.44. The van der Waals surface area contributed by atoms with Crippen LogP contribution in [0.3, 0.4) is 0 Å². The van der Waals surface area contributed by atoms with Gasteiger partial charge < -0.3 is 16.8 Å². The zero-order valence-electron chi connectivity index (χ0n) is 13.5. The lowest BCUT2D eigenvalue weighted by Gasteiger charge is -2.26. The van der Waals surface area contributed by atoms with E-state index in [1.165, 1.54) is 0 Å². The minimum absolute atomic E-state index is 0. The Balaban J connectivity index is 0.00000264. The summed E-state index contributed by atoms with van der Waals surface area (Å²) in [7, 11) is 0. The van der Waals surface area contributed by atoms with E-state index >= 15 is 0 Å². The highest BCUT2D eigenvalue weighted by Crippen LogP contribution is 2.29. The Hall–Kier alpha value is -1.63. The predicted molar refractivity (Wildman–Crippen MR) is 93.7 cm³/mol. The second-order valence-electron chi connectivity index (χ2n) is 6.34. The number of carbonyl (C=O) groups is 2. The highest BCUT2D eigenvalue weighted by molar-refractivity contribution is 5.96. The van der Waals surface area contributed by atoms with E-state index in [9.17, 15) is 9.59 Å². The highest BCUT2D eigenvalue weighted by Gasteiger charge is 2.36. The SMILES string of the molecule is CC(C(=O)Nc1ccc(C(N)=O)cc1)N1CCC(C)(CN)C1.Cl. The topological polar surface area (TPSA) is 101 Å². The summed E-state index contributed by atoms with van der Waals surface area (Å²) in [5.74, 6) is -0.544. The first-order valence-electron chi connectivity index (χ1n) is 7.49. The normalized spacial score (nSPS) is 22.2. The van der Waals surface area contributed by atoms with E-state index in [1.54, 1.807) is 24.3 Å². The van der Waals surface area contributed by atoms with Crippen molar-refractivity contribution in [2.45, 2.75) is 26.3 Å². The van der Waals surface area contributed by atoms with Crippen LogP contribution in [-0.4, -0.2) is 42.4 Å². The molecule has 23 heavy (non-hydrogen) atoms. The van der Waals surface area contributed by atoms with Crippen LogP contribution in [0.25, 0.3) is 0 Å². The van der Waals surface area contributed by atoms with Crippen molar-refractivity contribution in [3.05, 3.63) is 29.8 Å². The fourth-order valence-electron chi connectivity index (χ4n) is 2.69. The summed E-state index contributed by atoms with van der Waals surface area (Å²) >= 11 is 0. The number of nitrogens with one attached hydrogen (secondary N) is 1. The fraction of sp³-hybridized carbons (Fsp3) is 0.500. The van der Waals surface area contributed by atoms with Crippen LogP contribution in [0, 0.1) is 5.41 Å². The summed E-state index contributed by atoms with van der Waals surface area (Å²) in [5.41, 5.74) is 12.2. The van der Waals surface area contributed by atoms with E-state index in [1.807, 2.05) is 6.92 Å². The maximum Gasteiger partial charge on any atom is 0.248 e. The molecule has 1 aromatic rings. The van der Waals surface area contributed by atoms with Crippen LogP contribution in [0.4, 0.5) is 5.69 Å². The molecule has 1 aliphatic rings. The average molecular weight is 341 g/mol. The van der Waals surface area contributed by atoms with Gasteiger partial charge in [0.15, 0.2) is 0 Å². The lowest BCUT2D eigenvalue weighted by atomic mass is 9.90. The van der Waals surface area contributed by atoms with Gasteiger partial charge in [-0.3, -0.25) is 14.5 Å². The number of carbonyl (C=O) groups excluding carboxylic acids is 2. The quantitative estimate of drug-likeness (QED) is 0.749. The van der Waals surface area contributed by atoms with Crippen LogP contribution in [0.2, 0.25) is 0 Å². The van der Waals surface area contributed by atoms with Crippen molar-refractivity contribution in [3.8, 4) is 0 Å². The molecular formula is C16H25ClN4O2. The number of likely N-dealkylation sites (tertiary alicyclic amines) is 1. The molecule has 1 aliphatic heterocycles. The van der Waals surface area contributed by atoms with Gasteiger partial charge in [0.05, 0.1) is 6.04 Å². The average Bonchev–Trinajstić information content (AvgIpc) is 2.90. The van der Waals surface area contributed by atoms with Gasteiger partial charge in [0, 0.05) is 17.8 Å². The van der Waals surface area contributed by atoms with Crippen LogP contribution in [0.1, 0.15) is 30.6 Å². The molecule has 1 aromatic carbocycles. The molecule has 2 unspecified atom stereocenters. The number of hydrogen-bond acceptors (Lipinski definition) is 4. The Morgan fingerprint density at radius 1 is 1.35 bits per heavy atom. The molecule has 0 aliphatic carbocycles. The summed E-state index contributed by atoms with van der Waals surface area (Å²) in [6.45, 7) is 6.39. The Morgan fingerprint density at radius 3 is 2.43 bits per heavy atom. The summed E-state index contributed by atoms with van der Waals surface area (Å²) in [4.78, 5) is 25.5. The number of nitrogens with two attached hydrogens (primary N) is 2. The summed E-state index contributed by atoms with van der Waals surface area (Å²) in [6.07, 6.45) is 1.01. The van der Waals surface area contributed by atoms with Crippen molar-refractivity contribution in [1.29, 1.82) is 0 Å². The van der Waals surface area contributed by atoms with Crippen LogP contribution in [0.5, 0.6) is 0 Å². The third-order valence-corrected chi connectivity index (χ3v) is 4.44. The van der Waals surface area contributed by atoms with E-state index in [4.69, 9.17) is 11.5 Å². The molecule has 2 atom stereocenters. The molecule has 6 nitrogen and oxygen atoms in total. The molecule has 1 fully saturated rings. The molecule has 0 radical (unpaired) electrons. The van der Waals surface area contributed by atoms with Gasteiger partial charge in [0.1, 0.15) is 0 Å². The molecule has 0 aromatic heterocycles. The van der Waals surface area contributed by atoms with E-state index in [0.717, 1.165) is 19.5 Å². The molecule has 1 heterocycles. The summed E-state index contributed by atoms with van der Waals surface area (Å²) in [5, 5.41) is 2.87. The maximum atomic E-state index is 12.3. The lowest BCUT2D eigenvalue weighted by molar-refractivity contribution is -0.120. The summed E-state index contributed by atoms with van der Waals surface area (Å²) in [6, 6.07) is 6.34. The zero-order valence-corrected chi connectivity index (χ0v) is 14.4. The van der Waals surface area contributed by atoms with Crippen LogP contribution in [-0.2, 0) is 4.79 Å². The first-order valence-corrected chi connectivity index (χ1v) is 7.49. The van der Waals surface area contributed by atoms with Gasteiger partial charge in [-0.15, -0.1) is 12.4 Å². The van der Waals surface area contributed by atoms with Crippen molar-refractivity contribution in [2.24, 2.45) is 16.9 Å². The lowest BCUT2D eigenvalue weighted by Crippen LogP contribution is -2.42. The van der Waals surface area contributed by atoms with E-state index < -0.39 is 5.91 Å². The van der Waals surface area contributed by atoms with Gasteiger partial charge in [-0.05, 0) is 56.1 Å². The Morgan fingerprint density at radius 2 is 1.96 bits per heavy atom. The number of anilines is 1. The molecule has 0 bridgehead atoms. The summed E-state index contributed by atoms with van der Waals surface area (Å²) < 4.78 is 0. The van der Waals surface area contributed by atoms with Gasteiger partial charge in [-0.1, -0.05) is 6.92 Å². The Labute approximate surface area is 143 Å². The number of halogens is 1. The smallest absolute Gasteiger partial charge is 0.248 e. The standard InChI is InChI=1S/C16H24N4O2.ClH/c1-11(20-8-7-16(2,9-17)10-20)15(22)19-13-5-3-12(4-6-13)14(18)21;/h3-6,11H,7-10,17H2,1-2H3,(H2,18,21)(H,19,22);1H. The molecule has 2 rings (SSSR count). The first-order chi connectivity index (χ1) is 10.3. The second-order valence-corrected chi connectivity index (χ2v) is 6.34. The molecule has 0 saturated carbocycles. The van der Waals surface area contributed by atoms with Crippen molar-refractivity contribution in [3.63, 3.8) is 0 Å². The van der Waals surface area contributed by atoms with Crippen LogP contribution in [0.15, 0.2) is 24.3 Å². The number of benzene rings is 1. The third kappa shape index (κ3) is 4.67. The van der Waals surface area contributed by atoms with Crippen molar-refractivity contribution >= 4 is 29.9 Å². The van der Waals surface area contributed by atoms with Gasteiger partial charge in [0.2, 0.25) is 11.8 Å². The minimum atomic E-state index is -0.482. The number of nitrogens with zero attached hydrogens (tertiary/aromatic N) is 1. The van der Waals surface area contributed by atoms with Crippen LogP contribution >= 0.6 is 12.4 Å². The van der Waals surface area contributed by atoms with Crippen molar-refractivity contribution < 1.29 is 9.59 Å². The number of rotatable bonds is 5. The van der Waals surface area contributed by atoms with E-state index in [0.29, 0.717) is 17.8 Å². The molecule has 1 saturated heterocycles. The van der Waals surface area contributed by atoms with Crippen molar-refractivity contribution in [2.75, 3.05) is 25.0 Å². The van der Waals surface area contributed by atoms with Gasteiger partial charge >= 0.3 is 0 Å². The molecular weight excluding hydrogens is 316 g/mol. The number of amides is 2. The van der Waals surface area contributed by atoms with Gasteiger partial charge in [-0.2, -0.15) is 0 Å². The van der Waals surface area contributed by atoms with E-state index in [2.05, 4.69) is 17.1 Å². The molecule has 7 heteroatoms. The van der Waals surface area contributed by atoms with E-state index in [-0.39, 0.29) is 29.8 Å². The largest absolute Gasteiger partial charge is 0.366 e. The fourth-order valence-corrected chi connectivity index (χ4v) is 2.69. The molecule has 5 N–H and O–H groups in total. The number of hydrogen-bond donors (Lipinski definition) is 3. The predicted octanol–water partition coefficient (Wildman–Crippen LogP) is 1.20. The molecule has 0 spiro atoms. The molecule has 128 valence electrons. The number of primary amides is 1. The first kappa shape index (κ1) is 19.4. The molecule has 2 amide bonds. The monoisotopic (exact) mass is 340 g/mol. The highest BCUT2D eigenvalue weighted by atomic mass is 35.5. The van der Waals surface area contributed by atoms with Crippen molar-refractivity contribution in [1.82, 2.24) is 4.90 Å². The van der Waals surface area contributed by atoms with Crippen LogP contribution < -0.4 is 16.8 Å². The van der Waals surface area contributed by atoms with Gasteiger partial charge in [0.25, 0.3) is 0 Å². The second kappa shape index (κ2) is 7.77. The Bertz CT molecular complexity index is 564. The maximum absolute atomic E-state index is 12.3. The minimum Gasteiger partial charge on any atom is -0.366 e. The van der Waals surface area contributed by atoms with Gasteiger partial charge in [-0.25, -0.2) is 0 Å².